The molecule has 118 heavy (non-hydrogen) atoms. The summed E-state index contributed by atoms with van der Waals surface area (Å²) in [7, 11) is -14.1. The van der Waals surface area contributed by atoms with E-state index >= 15 is 0 Å². The Morgan fingerprint density at radius 3 is 0.483 bits per heavy atom. The Morgan fingerprint density at radius 1 is 0.169 bits per heavy atom. The monoisotopic (exact) mass is 1660 g/mol. The molecule has 618 valence electrons. The van der Waals surface area contributed by atoms with Crippen molar-refractivity contribution in [3.05, 3.63) is 130 Å². The summed E-state index contributed by atoms with van der Waals surface area (Å²) in [5, 5.41) is 12.6. The highest BCUT2D eigenvalue weighted by Gasteiger charge is 2.47. The Labute approximate surface area is 719 Å². The maximum absolute atomic E-state index is 6.34. The lowest BCUT2D eigenvalue weighted by Gasteiger charge is -2.38. The molecule has 0 radical (unpaired) electrons. The van der Waals surface area contributed by atoms with Gasteiger partial charge in [0.1, 0.15) is 48.4 Å². The Morgan fingerprint density at radius 2 is 0.314 bits per heavy atom. The maximum atomic E-state index is 6.34. The topological polar surface area (TPSA) is 51.6 Å². The van der Waals surface area contributed by atoms with E-state index in [0.29, 0.717) is 99.7 Å². The normalized spacial score (nSPS) is 13.2. The fourth-order valence-corrected chi connectivity index (χ4v) is 55.8. The Kier molecular flexibility index (Phi) is 26.8. The molecule has 0 bridgehead atoms. The predicted molar refractivity (Wildman–Crippen MR) is 540 cm³/mol. The van der Waals surface area contributed by atoms with E-state index in [9.17, 15) is 0 Å². The summed E-state index contributed by atoms with van der Waals surface area (Å²) in [4.78, 5) is 24.5. The minimum absolute atomic E-state index is 0.365. The van der Waals surface area contributed by atoms with Crippen LogP contribution in [0.2, 0.25) is 99.7 Å². The molecule has 2 aromatic heterocycles. The van der Waals surface area contributed by atoms with E-state index in [2.05, 4.69) is 415 Å². The number of fused-ring (bicyclic) bond motifs is 14. The van der Waals surface area contributed by atoms with Crippen molar-refractivity contribution in [3.8, 4) is 68.8 Å². The van der Waals surface area contributed by atoms with E-state index < -0.39 is 48.4 Å². The highest BCUT2D eigenvalue weighted by Crippen LogP contribution is 2.51. The van der Waals surface area contributed by atoms with Crippen molar-refractivity contribution in [2.24, 2.45) is 0 Å². The number of rotatable bonds is 18. The van der Waals surface area contributed by atoms with E-state index in [1.807, 2.05) is 0 Å². The minimum atomic E-state index is -2.48. The van der Waals surface area contributed by atoms with Gasteiger partial charge in [-0.25, -0.2) is 19.9 Å². The molecule has 0 amide bonds. The second-order valence-electron chi connectivity index (χ2n) is 41.1. The molecule has 0 aliphatic carbocycles. The van der Waals surface area contributed by atoms with Gasteiger partial charge in [-0.2, -0.15) is 0 Å². The zero-order valence-electron chi connectivity index (χ0n) is 79.4. The summed E-state index contributed by atoms with van der Waals surface area (Å²) >= 11 is 0. The SMILES string of the molecule is CC(C)[Si](C#Cc1c2ccccc2c(C#C[Si](C(C)C)(C(C)C)C(C)C)c2c1ccc1nc3ccc4c(C#C[Si](C(C)C)(C(C)C)C(C)C)c5c(ccc6nc7ccc8c(C#C[Si](C(C)C)(C(C)C)C(C)C)c9ccccc9c(C#C[Si](C(C)C)(C(C)C)C(C)C)c8c7nc65)c(C#C[Si](C(C)C)(C(C)C)C(C)C)c4c3nc12)(C(C)C)C(C)C. The van der Waals surface area contributed by atoms with E-state index in [-0.39, 0.29) is 0 Å². The van der Waals surface area contributed by atoms with Gasteiger partial charge in [-0.05, 0) is 146 Å². The molecule has 0 saturated carbocycles. The van der Waals surface area contributed by atoms with Crippen molar-refractivity contribution in [2.75, 3.05) is 0 Å². The van der Waals surface area contributed by atoms with Gasteiger partial charge in [0.05, 0.1) is 44.1 Å². The molecular formula is C108H142N4Si6. The summed E-state index contributed by atoms with van der Waals surface area (Å²) in [6.45, 7) is 87.4. The number of hydrogen-bond acceptors (Lipinski definition) is 4. The van der Waals surface area contributed by atoms with Crippen LogP contribution in [0.4, 0.5) is 0 Å². The van der Waals surface area contributed by atoms with Gasteiger partial charge in [0.25, 0.3) is 0 Å². The van der Waals surface area contributed by atoms with Crippen molar-refractivity contribution in [1.29, 1.82) is 0 Å². The first-order valence-electron chi connectivity index (χ1n) is 45.6. The average molecular weight is 1660 g/mol. The van der Waals surface area contributed by atoms with Crippen LogP contribution < -0.4 is 0 Å². The number of nitrogens with zero attached hydrogens (tertiary/aromatic N) is 4. The smallest absolute Gasteiger partial charge is 0.146 e. The molecule has 0 atom stereocenters. The Hall–Kier alpha value is -7.60. The molecule has 0 N–H and O–H groups in total. The largest absolute Gasteiger partial charge is 0.244 e. The highest BCUT2D eigenvalue weighted by atomic mass is 28.3. The van der Waals surface area contributed by atoms with Gasteiger partial charge < -0.3 is 0 Å². The van der Waals surface area contributed by atoms with Crippen LogP contribution in [-0.4, -0.2) is 68.4 Å². The van der Waals surface area contributed by atoms with Gasteiger partial charge in [-0.15, -0.1) is 33.3 Å². The van der Waals surface area contributed by atoms with Gasteiger partial charge in [-0.3, -0.25) is 0 Å². The molecule has 0 spiro atoms. The standard InChI is InChI=1S/C108H142N4Si6/c1-65(2)113(66(3)4,67(5)6)59-53-87-83-41-37-39-43-85(83)93(55-61-115(71(13)14,72(15)16)73(17)18)101-89(87)45-49-97-105(101)111-107-99(109-97)51-47-91-96(58-64-118(80(31)32,81(33)34)82(35)36)104-92(95(103(91)107)57-63-117(77(25)26,78(27)28)79(29)30)48-52-100-108(104)112-106-98(110-100)50-46-90-88(54-60-114(68(7)8,69(9)10)70(11)12)84-42-38-40-44-86(84)94(102(90)106)56-62-116(74(19)20,75(21)22)76(23)24/h37-52,65-82H,1-36H3. The molecule has 0 unspecified atom stereocenters. The van der Waals surface area contributed by atoms with Crippen LogP contribution in [0.5, 0.6) is 0 Å². The van der Waals surface area contributed by atoms with Crippen molar-refractivity contribution in [3.63, 3.8) is 0 Å². The fraction of sp³-hybridized carbons (Fsp3) is 0.500. The first kappa shape index (κ1) is 91.2. The minimum Gasteiger partial charge on any atom is -0.244 e. The second kappa shape index (κ2) is 34.7. The summed E-state index contributed by atoms with van der Waals surface area (Å²) in [5.74, 6) is 25.2. The van der Waals surface area contributed by atoms with Crippen LogP contribution in [-0.2, 0) is 0 Å². The number of benzene rings is 9. The van der Waals surface area contributed by atoms with E-state index in [1.54, 1.807) is 0 Å². The zero-order valence-corrected chi connectivity index (χ0v) is 85.4. The molecule has 11 aromatic rings. The molecule has 2 heterocycles. The van der Waals surface area contributed by atoms with E-state index in [0.717, 1.165) is 142 Å². The lowest BCUT2D eigenvalue weighted by molar-refractivity contribution is 0.838. The van der Waals surface area contributed by atoms with E-state index in [1.165, 1.54) is 0 Å². The second-order valence-corrected chi connectivity index (χ2v) is 74.6. The average Bonchev–Trinajstić information content (AvgIpc) is 0.702. The molecule has 0 fully saturated rings. The molecular weight excluding hydrogens is 1520 g/mol. The molecule has 4 nitrogen and oxygen atoms in total. The molecule has 9 aromatic carbocycles. The molecule has 10 heteroatoms. The van der Waals surface area contributed by atoms with Crippen LogP contribution in [0, 0.1) is 68.8 Å². The summed E-state index contributed by atoms with van der Waals surface area (Å²) in [6, 6.07) is 36.2. The van der Waals surface area contributed by atoms with Gasteiger partial charge in [0.15, 0.2) is 0 Å². The van der Waals surface area contributed by atoms with Crippen molar-refractivity contribution in [1.82, 2.24) is 19.9 Å². The first-order chi connectivity index (χ1) is 55.4. The van der Waals surface area contributed by atoms with Gasteiger partial charge >= 0.3 is 0 Å². The summed E-state index contributed by atoms with van der Waals surface area (Å²) in [6.07, 6.45) is 0. The third kappa shape index (κ3) is 14.8. The summed E-state index contributed by atoms with van der Waals surface area (Å²) < 4.78 is 0. The third-order valence-corrected chi connectivity index (χ3v) is 67.9. The molecule has 0 aliphatic heterocycles. The zero-order chi connectivity index (χ0) is 87.0. The van der Waals surface area contributed by atoms with Crippen molar-refractivity contribution >= 4 is 157 Å². The molecule has 0 saturated heterocycles. The van der Waals surface area contributed by atoms with Crippen molar-refractivity contribution in [2.45, 2.75) is 349 Å². The van der Waals surface area contributed by atoms with E-state index in [4.69, 9.17) is 19.9 Å². The Balaban J connectivity index is 1.48. The molecule has 11 rings (SSSR count). The maximum Gasteiger partial charge on any atom is 0.146 e. The molecule has 0 aliphatic rings. The first-order valence-corrected chi connectivity index (χ1v) is 59.0. The number of hydrogen-bond donors (Lipinski definition) is 0. The number of aromatic nitrogens is 4. The van der Waals surface area contributed by atoms with Crippen LogP contribution in [0.15, 0.2) is 97.1 Å². The summed E-state index contributed by atoms with van der Waals surface area (Å²) in [5.41, 5.74) is 45.8. The Bertz CT molecular complexity index is 5650. The van der Waals surface area contributed by atoms with Crippen LogP contribution in [0.3, 0.4) is 0 Å². The van der Waals surface area contributed by atoms with Crippen molar-refractivity contribution < 1.29 is 0 Å². The van der Waals surface area contributed by atoms with Gasteiger partial charge in [0.2, 0.25) is 0 Å². The predicted octanol–water partition coefficient (Wildman–Crippen LogP) is 32.2. The lowest BCUT2D eigenvalue weighted by atomic mass is 9.89. The third-order valence-electron chi connectivity index (χ3n) is 30.2. The van der Waals surface area contributed by atoms with Crippen LogP contribution in [0.1, 0.15) is 283 Å². The van der Waals surface area contributed by atoms with Gasteiger partial charge in [-0.1, -0.05) is 358 Å². The quantitative estimate of drug-likeness (QED) is 0.0372. The fourth-order valence-electron chi connectivity index (χ4n) is 24.5. The van der Waals surface area contributed by atoms with Crippen LogP contribution in [0.25, 0.3) is 109 Å². The lowest BCUT2D eigenvalue weighted by Crippen LogP contribution is -2.43. The van der Waals surface area contributed by atoms with Crippen LogP contribution >= 0.6 is 0 Å². The highest BCUT2D eigenvalue weighted by molar-refractivity contribution is 6.93. The van der Waals surface area contributed by atoms with Gasteiger partial charge in [0, 0.05) is 76.5 Å².